The highest BCUT2D eigenvalue weighted by molar-refractivity contribution is 7.86. The molecule has 3 saturated heterocycles. The number of nitrogens with zero attached hydrogens (tertiary/aromatic N) is 6. The molecule has 4 aliphatic heterocycles. The van der Waals surface area contributed by atoms with Crippen molar-refractivity contribution in [3.63, 3.8) is 0 Å². The van der Waals surface area contributed by atoms with Crippen molar-refractivity contribution in [2.24, 2.45) is 17.3 Å². The number of carbonyl (C=O) groups is 4. The molecule has 5 aromatic rings. The molecular weight excluding hydrogens is 973 g/mol. The van der Waals surface area contributed by atoms with E-state index in [2.05, 4.69) is 66.2 Å². The summed E-state index contributed by atoms with van der Waals surface area (Å²) in [5.74, 6) is -3.07. The second kappa shape index (κ2) is 22.2. The molecule has 6 heterocycles. The van der Waals surface area contributed by atoms with E-state index in [1.54, 1.807) is 19.2 Å². The number of carbonyl (C=O) groups excluding carboxylic acids is 4. The summed E-state index contributed by atoms with van der Waals surface area (Å²) in [5, 5.41) is 16.8. The second-order valence-corrected chi connectivity index (χ2v) is 23.8. The Morgan fingerprint density at radius 3 is 2.48 bits per heavy atom. The third-order valence-electron chi connectivity index (χ3n) is 15.4. The molecule has 17 nitrogen and oxygen atoms in total. The van der Waals surface area contributed by atoms with Gasteiger partial charge in [0.2, 0.25) is 11.8 Å². The van der Waals surface area contributed by atoms with E-state index in [-0.39, 0.29) is 69.9 Å². The molecule has 4 aliphatic rings. The van der Waals surface area contributed by atoms with E-state index >= 15 is 0 Å². The number of aryl methyl sites for hydroxylation is 2. The number of hydrogen-bond donors (Lipinski definition) is 3. The molecule has 0 spiro atoms. The lowest BCUT2D eigenvalue weighted by atomic mass is 9.84. The molecule has 0 unspecified atom stereocenters. The van der Waals surface area contributed by atoms with E-state index in [0.29, 0.717) is 43.5 Å². The number of pyridine rings is 1. The Bertz CT molecular complexity index is 3050. The number of nitrogens with one attached hydrogen (secondary N) is 2. The van der Waals surface area contributed by atoms with Gasteiger partial charge >= 0.3 is 5.97 Å². The van der Waals surface area contributed by atoms with E-state index in [0.717, 1.165) is 45.3 Å². The molecule has 4 atom stereocenters. The molecule has 9 rings (SSSR count). The number of phenols is 1. The number of hydrogen-bond acceptors (Lipinski definition) is 11. The van der Waals surface area contributed by atoms with Crippen molar-refractivity contribution in [1.29, 1.82) is 0 Å². The number of benzene rings is 3. The fourth-order valence-corrected chi connectivity index (χ4v) is 13.1. The molecule has 0 radical (unpaired) electrons. The average molecular weight is 1050 g/mol. The number of aromatic nitrogens is 2. The van der Waals surface area contributed by atoms with Crippen molar-refractivity contribution in [2.75, 3.05) is 46.4 Å². The molecule has 0 aliphatic carbocycles. The van der Waals surface area contributed by atoms with Gasteiger partial charge in [0.1, 0.15) is 23.9 Å². The molecule has 0 saturated carbocycles. The van der Waals surface area contributed by atoms with Crippen LogP contribution in [0.1, 0.15) is 83.1 Å². The number of esters is 1. The van der Waals surface area contributed by atoms with Gasteiger partial charge in [0.15, 0.2) is 0 Å². The van der Waals surface area contributed by atoms with Crippen LogP contribution in [0.2, 0.25) is 0 Å². The van der Waals surface area contributed by atoms with E-state index < -0.39 is 63.4 Å². The maximum absolute atomic E-state index is 14.9. The molecule has 75 heavy (non-hydrogen) atoms. The average Bonchev–Trinajstić information content (AvgIpc) is 4.01. The quantitative estimate of drug-likeness (QED) is 0.113. The van der Waals surface area contributed by atoms with Gasteiger partial charge in [-0.05, 0) is 109 Å². The van der Waals surface area contributed by atoms with E-state index in [1.807, 2.05) is 68.7 Å². The fraction of sp³-hybridized carbons (Fsp3) is 0.491. The van der Waals surface area contributed by atoms with Crippen molar-refractivity contribution in [1.82, 2.24) is 38.8 Å². The number of fused-ring (bicyclic) bond motifs is 6. The smallest absolute Gasteiger partial charge is 0.324 e. The number of amides is 3. The SMILES string of the molecule is CCc1ccncc1-c1c2c3cc(ccc3n1CC)-c1cc(O)cc(c1)C[C@H](NC(=O)[C@H](C(C)C)N(C)C(=O)[C@H]1CCN(S(=O)(=O)N3CC(OCc4ccccc4)C3)C1)C(=O)N1CCC[C@H](N1)C(=O)OCC(C)(C)C2. The Hall–Kier alpha value is -6.18. The summed E-state index contributed by atoms with van der Waals surface area (Å²) in [5.41, 5.74) is 11.1. The van der Waals surface area contributed by atoms with Crippen molar-refractivity contribution in [3.05, 3.63) is 107 Å². The lowest BCUT2D eigenvalue weighted by Crippen LogP contribution is -2.62. The maximum Gasteiger partial charge on any atom is 0.324 e. The number of phenolic OH excluding ortho intramolecular Hbond substituents is 1. The van der Waals surface area contributed by atoms with Gasteiger partial charge < -0.3 is 29.4 Å². The first-order chi connectivity index (χ1) is 35.8. The van der Waals surface area contributed by atoms with Gasteiger partial charge in [0, 0.05) is 87.0 Å². The van der Waals surface area contributed by atoms with Crippen molar-refractivity contribution in [3.8, 4) is 28.1 Å². The summed E-state index contributed by atoms with van der Waals surface area (Å²) < 4.78 is 44.5. The van der Waals surface area contributed by atoms with E-state index in [4.69, 9.17) is 9.47 Å². The third-order valence-corrected chi connectivity index (χ3v) is 17.3. The Balaban J connectivity index is 0.985. The molecule has 400 valence electrons. The topological polar surface area (TPSA) is 196 Å². The minimum absolute atomic E-state index is 0.0205. The number of ether oxygens (including phenoxy) is 2. The van der Waals surface area contributed by atoms with Crippen molar-refractivity contribution >= 4 is 44.8 Å². The zero-order chi connectivity index (χ0) is 53.3. The van der Waals surface area contributed by atoms with Crippen molar-refractivity contribution < 1.29 is 42.2 Å². The fourth-order valence-electron chi connectivity index (χ4n) is 11.4. The summed E-state index contributed by atoms with van der Waals surface area (Å²) in [6, 6.07) is 20.1. The summed E-state index contributed by atoms with van der Waals surface area (Å²) >= 11 is 0. The third kappa shape index (κ3) is 11.4. The molecule has 18 heteroatoms. The second-order valence-electron chi connectivity index (χ2n) is 21.8. The zero-order valence-electron chi connectivity index (χ0n) is 44.3. The summed E-state index contributed by atoms with van der Waals surface area (Å²) in [6.45, 7) is 14.1. The number of rotatable bonds is 13. The molecule has 2 aromatic heterocycles. The first-order valence-electron chi connectivity index (χ1n) is 26.5. The Morgan fingerprint density at radius 1 is 0.973 bits per heavy atom. The molecule has 6 bridgehead atoms. The number of hydrazine groups is 1. The Kier molecular flexibility index (Phi) is 15.9. The summed E-state index contributed by atoms with van der Waals surface area (Å²) in [7, 11) is -2.31. The van der Waals surface area contributed by atoms with Crippen LogP contribution in [0.5, 0.6) is 5.75 Å². The van der Waals surface area contributed by atoms with Crippen LogP contribution >= 0.6 is 0 Å². The standard InChI is InChI=1S/C57H72N8O9S/c1-8-39-19-21-58-30-47(39)52-46-29-57(5,6)35-74-56(70)48-16-13-22-65(60-48)55(69)49(26-38-24-42(27-43(66)25-38)40-17-18-50(45(46)28-40)64(52)9-2)59-53(67)51(36(3)4)61(7)54(68)41-20-23-62(31-41)75(71,72)63-32-44(33-63)73-34-37-14-11-10-12-15-37/h10-12,14-15,17-19,21,24-25,27-28,30,36,41,44,48-49,51,60,66H,8-9,13,16,20,22-23,26,29,31-35H2,1-7H3,(H,59,67)/t41-,48-,49-,51-/m0/s1. The van der Waals surface area contributed by atoms with Gasteiger partial charge in [0.05, 0.1) is 30.9 Å². The molecule has 3 aromatic carbocycles. The Morgan fingerprint density at radius 2 is 1.75 bits per heavy atom. The highest BCUT2D eigenvalue weighted by Crippen LogP contribution is 2.41. The van der Waals surface area contributed by atoms with Gasteiger partial charge in [0.25, 0.3) is 16.1 Å². The van der Waals surface area contributed by atoms with Gasteiger partial charge in [-0.1, -0.05) is 77.1 Å². The van der Waals surface area contributed by atoms with Crippen LogP contribution < -0.4 is 10.7 Å². The van der Waals surface area contributed by atoms with Gasteiger partial charge in [-0.2, -0.15) is 17.0 Å². The highest BCUT2D eigenvalue weighted by atomic mass is 32.2. The van der Waals surface area contributed by atoms with E-state index in [9.17, 15) is 32.7 Å². The minimum Gasteiger partial charge on any atom is -0.508 e. The first-order valence-corrected chi connectivity index (χ1v) is 27.9. The van der Waals surface area contributed by atoms with Crippen LogP contribution in [0.25, 0.3) is 33.3 Å². The molecule has 3 amide bonds. The lowest BCUT2D eigenvalue weighted by Gasteiger charge is -2.39. The predicted octanol–water partition coefficient (Wildman–Crippen LogP) is 6.26. The van der Waals surface area contributed by atoms with E-state index in [1.165, 1.54) is 24.1 Å². The monoisotopic (exact) mass is 1040 g/mol. The first kappa shape index (κ1) is 53.6. The lowest BCUT2D eigenvalue weighted by molar-refractivity contribution is -0.155. The number of likely N-dealkylation sites (N-methyl/N-ethyl adjacent to an activating group) is 1. The molecule has 3 fully saturated rings. The summed E-state index contributed by atoms with van der Waals surface area (Å²) in [6.07, 6.45) is 6.06. The number of aromatic hydroxyl groups is 1. The van der Waals surface area contributed by atoms with Crippen LogP contribution in [0.15, 0.2) is 85.2 Å². The van der Waals surface area contributed by atoms with Gasteiger partial charge in [-0.25, -0.2) is 5.43 Å². The van der Waals surface area contributed by atoms with Crippen molar-refractivity contribution in [2.45, 2.75) is 117 Å². The highest BCUT2D eigenvalue weighted by Gasteiger charge is 2.46. The summed E-state index contributed by atoms with van der Waals surface area (Å²) in [4.78, 5) is 63.9. The van der Waals surface area contributed by atoms with Crippen LogP contribution in [0, 0.1) is 17.3 Å². The molecular formula is C57H72N8O9S. The zero-order valence-corrected chi connectivity index (χ0v) is 45.1. The predicted molar refractivity (Wildman–Crippen MR) is 286 cm³/mol. The molecule has 3 N–H and O–H groups in total. The maximum atomic E-state index is 14.9. The van der Waals surface area contributed by atoms with Gasteiger partial charge in [-0.15, -0.1) is 0 Å². The normalized spacial score (nSPS) is 21.4. The largest absolute Gasteiger partial charge is 0.508 e. The Labute approximate surface area is 440 Å². The minimum atomic E-state index is -3.86. The van der Waals surface area contributed by atoms with Crippen LogP contribution in [-0.2, 0) is 71.3 Å². The van der Waals surface area contributed by atoms with Crippen LogP contribution in [-0.4, -0.2) is 136 Å². The van der Waals surface area contributed by atoms with Crippen LogP contribution in [0.3, 0.4) is 0 Å². The van der Waals surface area contributed by atoms with Gasteiger partial charge in [-0.3, -0.25) is 29.2 Å². The van der Waals surface area contributed by atoms with Crippen LogP contribution in [0.4, 0.5) is 0 Å². The number of cyclic esters (lactones) is 1.